The van der Waals surface area contributed by atoms with E-state index in [1.54, 1.807) is 11.3 Å². The number of halogens is 4. The molecule has 1 aromatic carbocycles. The average Bonchev–Trinajstić information content (AvgIpc) is 2.62. The van der Waals surface area contributed by atoms with Gasteiger partial charge in [0.15, 0.2) is 0 Å². The zero-order valence-electron chi connectivity index (χ0n) is 8.81. The second-order valence-corrected chi connectivity index (χ2v) is 7.79. The Bertz CT molecular complexity index is 532. The monoisotopic (exact) mass is 412 g/mol. The Morgan fingerprint density at radius 2 is 1.94 bits per heavy atom. The largest absolute Gasteiger partial charge is 0.130 e. The van der Waals surface area contributed by atoms with E-state index in [1.807, 2.05) is 12.1 Å². The van der Waals surface area contributed by atoms with Crippen LogP contribution < -0.4 is 0 Å². The Kier molecular flexibility index (Phi) is 4.59. The van der Waals surface area contributed by atoms with Crippen LogP contribution in [0.2, 0.25) is 5.02 Å². The van der Waals surface area contributed by atoms with Gasteiger partial charge in [0.2, 0.25) is 0 Å². The van der Waals surface area contributed by atoms with Gasteiger partial charge in [0, 0.05) is 9.35 Å². The molecule has 1 heterocycles. The van der Waals surface area contributed by atoms with Crippen LogP contribution in [0.25, 0.3) is 0 Å². The molecule has 0 aliphatic rings. The van der Waals surface area contributed by atoms with Gasteiger partial charge in [-0.05, 0) is 52.2 Å². The number of rotatable bonds is 2. The Hall–Kier alpha value is 0.460. The molecule has 0 radical (unpaired) electrons. The standard InChI is InChI=1S/C12H8Br2Cl2S/c1-6-2-3-7(13)4-8(6)11(16)10-5-9(15)12(14)17-10/h2-5,11H,1H3. The van der Waals surface area contributed by atoms with E-state index < -0.39 is 0 Å². The molecule has 0 amide bonds. The van der Waals surface area contributed by atoms with Crippen molar-refractivity contribution in [1.82, 2.24) is 0 Å². The van der Waals surface area contributed by atoms with Gasteiger partial charge >= 0.3 is 0 Å². The molecule has 5 heteroatoms. The molecule has 2 aromatic rings. The third-order valence-corrected chi connectivity index (χ3v) is 6.06. The van der Waals surface area contributed by atoms with Crippen LogP contribution in [0.4, 0.5) is 0 Å². The SMILES string of the molecule is Cc1ccc(Br)cc1C(Cl)c1cc(Cl)c(Br)s1. The molecule has 17 heavy (non-hydrogen) atoms. The highest BCUT2D eigenvalue weighted by Crippen LogP contribution is 2.41. The van der Waals surface area contributed by atoms with Gasteiger partial charge < -0.3 is 0 Å². The van der Waals surface area contributed by atoms with E-state index in [4.69, 9.17) is 23.2 Å². The first kappa shape index (κ1) is 13.9. The molecule has 0 fully saturated rings. The molecule has 90 valence electrons. The molecule has 0 saturated carbocycles. The third kappa shape index (κ3) is 3.07. The quantitative estimate of drug-likeness (QED) is 0.488. The molecular formula is C12H8Br2Cl2S. The van der Waals surface area contributed by atoms with Crippen molar-refractivity contribution in [2.24, 2.45) is 0 Å². The smallest absolute Gasteiger partial charge is 0.0931 e. The number of benzene rings is 1. The Balaban J connectivity index is 2.42. The zero-order valence-corrected chi connectivity index (χ0v) is 14.3. The lowest BCUT2D eigenvalue weighted by Crippen LogP contribution is -1.93. The lowest BCUT2D eigenvalue weighted by Gasteiger charge is -2.11. The maximum atomic E-state index is 6.50. The van der Waals surface area contributed by atoms with E-state index >= 15 is 0 Å². The molecule has 0 aliphatic carbocycles. The van der Waals surface area contributed by atoms with Crippen molar-refractivity contribution in [3.63, 3.8) is 0 Å². The zero-order chi connectivity index (χ0) is 12.6. The summed E-state index contributed by atoms with van der Waals surface area (Å²) in [7, 11) is 0. The van der Waals surface area contributed by atoms with Crippen molar-refractivity contribution in [2.45, 2.75) is 12.3 Å². The molecule has 2 rings (SSSR count). The van der Waals surface area contributed by atoms with E-state index in [1.165, 1.54) is 5.56 Å². The van der Waals surface area contributed by atoms with E-state index in [0.29, 0.717) is 5.02 Å². The highest BCUT2D eigenvalue weighted by atomic mass is 79.9. The second-order valence-electron chi connectivity index (χ2n) is 3.63. The molecule has 0 bridgehead atoms. The number of hydrogen-bond acceptors (Lipinski definition) is 1. The third-order valence-electron chi connectivity index (χ3n) is 2.43. The van der Waals surface area contributed by atoms with Gasteiger partial charge in [-0.25, -0.2) is 0 Å². The molecule has 1 unspecified atom stereocenters. The Morgan fingerprint density at radius 1 is 1.24 bits per heavy atom. The van der Waals surface area contributed by atoms with Crippen LogP contribution in [0, 0.1) is 6.92 Å². The van der Waals surface area contributed by atoms with Crippen molar-refractivity contribution >= 4 is 66.4 Å². The minimum absolute atomic E-state index is 0.165. The van der Waals surface area contributed by atoms with Crippen LogP contribution in [0.1, 0.15) is 21.4 Å². The number of aryl methyl sites for hydroxylation is 1. The summed E-state index contributed by atoms with van der Waals surface area (Å²) in [5.41, 5.74) is 2.28. The van der Waals surface area contributed by atoms with E-state index in [0.717, 1.165) is 18.7 Å². The van der Waals surface area contributed by atoms with Crippen LogP contribution in [-0.2, 0) is 0 Å². The van der Waals surface area contributed by atoms with Gasteiger partial charge in [0.25, 0.3) is 0 Å². The van der Waals surface area contributed by atoms with Gasteiger partial charge in [-0.1, -0.05) is 33.6 Å². The average molecular weight is 415 g/mol. The lowest BCUT2D eigenvalue weighted by atomic mass is 10.0. The van der Waals surface area contributed by atoms with Crippen LogP contribution in [0.5, 0.6) is 0 Å². The van der Waals surface area contributed by atoms with Crippen molar-refractivity contribution in [1.29, 1.82) is 0 Å². The van der Waals surface area contributed by atoms with Crippen molar-refractivity contribution < 1.29 is 0 Å². The van der Waals surface area contributed by atoms with E-state index in [2.05, 4.69) is 50.9 Å². The predicted octanol–water partition coefficient (Wildman–Crippen LogP) is 6.56. The summed E-state index contributed by atoms with van der Waals surface area (Å²) >= 11 is 21.0. The highest BCUT2D eigenvalue weighted by molar-refractivity contribution is 9.11. The number of thiophene rings is 1. The Morgan fingerprint density at radius 3 is 2.53 bits per heavy atom. The van der Waals surface area contributed by atoms with Crippen LogP contribution >= 0.6 is 66.4 Å². The minimum atomic E-state index is -0.165. The van der Waals surface area contributed by atoms with Crippen molar-refractivity contribution in [2.75, 3.05) is 0 Å². The minimum Gasteiger partial charge on any atom is -0.130 e. The predicted molar refractivity (Wildman–Crippen MR) is 83.6 cm³/mol. The first-order chi connectivity index (χ1) is 7.99. The van der Waals surface area contributed by atoms with Gasteiger partial charge in [-0.3, -0.25) is 0 Å². The molecule has 1 aromatic heterocycles. The Labute approximate surface area is 131 Å². The highest BCUT2D eigenvalue weighted by Gasteiger charge is 2.17. The summed E-state index contributed by atoms with van der Waals surface area (Å²) in [6.07, 6.45) is 0. The summed E-state index contributed by atoms with van der Waals surface area (Å²) in [5.74, 6) is 0. The van der Waals surface area contributed by atoms with Crippen LogP contribution in [0.3, 0.4) is 0 Å². The summed E-state index contributed by atoms with van der Waals surface area (Å²) in [6, 6.07) is 8.03. The summed E-state index contributed by atoms with van der Waals surface area (Å²) in [6.45, 7) is 2.06. The van der Waals surface area contributed by atoms with Crippen molar-refractivity contribution in [3.8, 4) is 0 Å². The molecule has 0 N–H and O–H groups in total. The fourth-order valence-corrected chi connectivity index (χ4v) is 4.08. The fraction of sp³-hybridized carbons (Fsp3) is 0.167. The van der Waals surface area contributed by atoms with E-state index in [-0.39, 0.29) is 5.38 Å². The van der Waals surface area contributed by atoms with Gasteiger partial charge in [-0.15, -0.1) is 22.9 Å². The maximum Gasteiger partial charge on any atom is 0.0931 e. The van der Waals surface area contributed by atoms with Gasteiger partial charge in [0.1, 0.15) is 0 Å². The van der Waals surface area contributed by atoms with Crippen LogP contribution in [-0.4, -0.2) is 0 Å². The number of alkyl halides is 1. The van der Waals surface area contributed by atoms with Crippen LogP contribution in [0.15, 0.2) is 32.5 Å². The molecule has 0 nitrogen and oxygen atoms in total. The molecule has 0 aliphatic heterocycles. The normalized spacial score (nSPS) is 12.8. The lowest BCUT2D eigenvalue weighted by molar-refractivity contribution is 1.14. The molecular weight excluding hydrogens is 407 g/mol. The second kappa shape index (κ2) is 5.62. The van der Waals surface area contributed by atoms with Gasteiger partial charge in [-0.2, -0.15) is 0 Å². The first-order valence-electron chi connectivity index (χ1n) is 4.84. The summed E-state index contributed by atoms with van der Waals surface area (Å²) in [5, 5.41) is 0.546. The van der Waals surface area contributed by atoms with E-state index in [9.17, 15) is 0 Å². The molecule has 0 spiro atoms. The molecule has 0 saturated heterocycles. The number of hydrogen-bond donors (Lipinski definition) is 0. The summed E-state index contributed by atoms with van der Waals surface area (Å²) < 4.78 is 1.96. The summed E-state index contributed by atoms with van der Waals surface area (Å²) in [4.78, 5) is 1.05. The topological polar surface area (TPSA) is 0 Å². The van der Waals surface area contributed by atoms with Crippen molar-refractivity contribution in [3.05, 3.63) is 53.6 Å². The molecule has 1 atom stereocenters. The first-order valence-corrected chi connectivity index (χ1v) is 8.05. The van der Waals surface area contributed by atoms with Gasteiger partial charge in [0.05, 0.1) is 14.2 Å². The fourth-order valence-electron chi connectivity index (χ4n) is 1.53. The maximum absolute atomic E-state index is 6.50.